The Hall–Kier alpha value is -2.54. The van der Waals surface area contributed by atoms with Gasteiger partial charge in [0, 0.05) is 4.47 Å². The number of ether oxygens (including phenoxy) is 2. The van der Waals surface area contributed by atoms with Gasteiger partial charge in [-0.3, -0.25) is 20.4 Å². The predicted molar refractivity (Wildman–Crippen MR) is 107 cm³/mol. The minimum Gasteiger partial charge on any atom is -0.497 e. The first-order valence-electron chi connectivity index (χ1n) is 8.68. The van der Waals surface area contributed by atoms with Crippen molar-refractivity contribution in [2.24, 2.45) is 0 Å². The Morgan fingerprint density at radius 1 is 1.07 bits per heavy atom. The van der Waals surface area contributed by atoms with E-state index < -0.39 is 5.91 Å². The molecule has 2 aromatic carbocycles. The summed E-state index contributed by atoms with van der Waals surface area (Å²) in [6, 6.07) is 12.4. The predicted octanol–water partition coefficient (Wildman–Crippen LogP) is 3.64. The van der Waals surface area contributed by atoms with Crippen LogP contribution in [0.2, 0.25) is 0 Å². The molecule has 0 heterocycles. The number of carbonyl (C=O) groups is 2. The third-order valence-corrected chi connectivity index (χ3v) is 4.27. The number of benzene rings is 2. The van der Waals surface area contributed by atoms with Crippen LogP contribution in [0, 0.1) is 0 Å². The molecule has 0 saturated carbocycles. The molecule has 144 valence electrons. The highest BCUT2D eigenvalue weighted by Crippen LogP contribution is 2.23. The van der Waals surface area contributed by atoms with Gasteiger partial charge in [0.1, 0.15) is 11.5 Å². The summed E-state index contributed by atoms with van der Waals surface area (Å²) in [6.07, 6.45) is 2.04. The van der Waals surface area contributed by atoms with Gasteiger partial charge in [0.15, 0.2) is 0 Å². The number of methoxy groups -OCH3 is 1. The van der Waals surface area contributed by atoms with Crippen molar-refractivity contribution >= 4 is 27.7 Å². The van der Waals surface area contributed by atoms with Crippen molar-refractivity contribution in [2.75, 3.05) is 13.7 Å². The summed E-state index contributed by atoms with van der Waals surface area (Å²) in [4.78, 5) is 24.5. The van der Waals surface area contributed by atoms with E-state index >= 15 is 0 Å². The summed E-state index contributed by atoms with van der Waals surface area (Å²) in [5.74, 6) is 0.439. The van der Waals surface area contributed by atoms with E-state index in [9.17, 15) is 9.59 Å². The molecule has 0 aliphatic heterocycles. The van der Waals surface area contributed by atoms with Crippen molar-refractivity contribution in [2.45, 2.75) is 26.2 Å². The third-order valence-electron chi connectivity index (χ3n) is 3.78. The monoisotopic (exact) mass is 434 g/mol. The molecule has 2 amide bonds. The topological polar surface area (TPSA) is 76.7 Å². The van der Waals surface area contributed by atoms with E-state index in [-0.39, 0.29) is 12.3 Å². The minimum atomic E-state index is -0.439. The lowest BCUT2D eigenvalue weighted by Crippen LogP contribution is -2.42. The molecule has 27 heavy (non-hydrogen) atoms. The van der Waals surface area contributed by atoms with E-state index in [1.807, 2.05) is 0 Å². The lowest BCUT2D eigenvalue weighted by molar-refractivity contribution is -0.121. The van der Waals surface area contributed by atoms with E-state index in [2.05, 4.69) is 33.7 Å². The van der Waals surface area contributed by atoms with Gasteiger partial charge < -0.3 is 9.47 Å². The summed E-state index contributed by atoms with van der Waals surface area (Å²) in [7, 11) is 1.58. The van der Waals surface area contributed by atoms with Gasteiger partial charge in [-0.25, -0.2) is 0 Å². The van der Waals surface area contributed by atoms with Crippen LogP contribution in [0.15, 0.2) is 46.9 Å². The molecule has 7 heteroatoms. The molecular weight excluding hydrogens is 412 g/mol. The number of halogens is 1. The zero-order chi connectivity index (χ0) is 19.6. The van der Waals surface area contributed by atoms with Crippen LogP contribution in [0.3, 0.4) is 0 Å². The standard InChI is InChI=1S/C20H23BrN2O4/c1-3-4-11-27-18-10-7-15(21)13-17(18)20(25)23-22-19(24)12-14-5-8-16(26-2)9-6-14/h5-10,13H,3-4,11-12H2,1-2H3,(H,22,24)(H,23,25). The minimum absolute atomic E-state index is 0.141. The van der Waals surface area contributed by atoms with Crippen LogP contribution in [0.1, 0.15) is 35.7 Å². The smallest absolute Gasteiger partial charge is 0.273 e. The second-order valence-corrected chi connectivity index (χ2v) is 6.79. The van der Waals surface area contributed by atoms with Crippen molar-refractivity contribution < 1.29 is 19.1 Å². The van der Waals surface area contributed by atoms with Crippen LogP contribution < -0.4 is 20.3 Å². The van der Waals surface area contributed by atoms with Gasteiger partial charge in [-0.15, -0.1) is 0 Å². The third kappa shape index (κ3) is 6.60. The van der Waals surface area contributed by atoms with Crippen LogP contribution >= 0.6 is 15.9 Å². The van der Waals surface area contributed by atoms with Crippen molar-refractivity contribution in [3.8, 4) is 11.5 Å². The fourth-order valence-electron chi connectivity index (χ4n) is 2.30. The molecular formula is C20H23BrN2O4. The van der Waals surface area contributed by atoms with Crippen LogP contribution in [0.25, 0.3) is 0 Å². The highest BCUT2D eigenvalue weighted by Gasteiger charge is 2.14. The van der Waals surface area contributed by atoms with E-state index in [0.29, 0.717) is 17.9 Å². The van der Waals surface area contributed by atoms with Gasteiger partial charge >= 0.3 is 0 Å². The van der Waals surface area contributed by atoms with Gasteiger partial charge in [0.2, 0.25) is 5.91 Å². The normalized spacial score (nSPS) is 10.2. The van der Waals surface area contributed by atoms with E-state index in [1.165, 1.54) is 0 Å². The van der Waals surface area contributed by atoms with Crippen molar-refractivity contribution in [1.29, 1.82) is 0 Å². The SMILES string of the molecule is CCCCOc1ccc(Br)cc1C(=O)NNC(=O)Cc1ccc(OC)cc1. The highest BCUT2D eigenvalue weighted by molar-refractivity contribution is 9.10. The van der Waals surface area contributed by atoms with E-state index in [4.69, 9.17) is 9.47 Å². The molecule has 2 rings (SSSR count). The molecule has 2 aromatic rings. The number of rotatable bonds is 8. The average molecular weight is 435 g/mol. The van der Waals surface area contributed by atoms with Crippen LogP contribution in [0.5, 0.6) is 11.5 Å². The van der Waals surface area contributed by atoms with Crippen LogP contribution in [-0.4, -0.2) is 25.5 Å². The Labute approximate surface area is 167 Å². The molecule has 0 aliphatic carbocycles. The largest absolute Gasteiger partial charge is 0.497 e. The fraction of sp³-hybridized carbons (Fsp3) is 0.300. The Bertz CT molecular complexity index is 778. The second kappa shape index (κ2) is 10.6. The summed E-state index contributed by atoms with van der Waals surface area (Å²) < 4.78 is 11.5. The van der Waals surface area contributed by atoms with E-state index in [1.54, 1.807) is 49.6 Å². The Kier molecular flexibility index (Phi) is 8.13. The number of hydrogen-bond acceptors (Lipinski definition) is 4. The molecule has 0 fully saturated rings. The number of carbonyl (C=O) groups excluding carboxylic acids is 2. The fourth-order valence-corrected chi connectivity index (χ4v) is 2.66. The maximum absolute atomic E-state index is 12.4. The number of hydrogen-bond donors (Lipinski definition) is 2. The molecule has 0 unspecified atom stereocenters. The average Bonchev–Trinajstić information content (AvgIpc) is 2.68. The van der Waals surface area contributed by atoms with Gasteiger partial charge in [-0.05, 0) is 42.3 Å². The summed E-state index contributed by atoms with van der Waals surface area (Å²) in [5.41, 5.74) is 6.03. The molecule has 6 nitrogen and oxygen atoms in total. The van der Waals surface area contributed by atoms with Crippen LogP contribution in [-0.2, 0) is 11.2 Å². The molecule has 0 atom stereocenters. The van der Waals surface area contributed by atoms with Gasteiger partial charge in [-0.2, -0.15) is 0 Å². The quantitative estimate of drug-likeness (QED) is 0.491. The zero-order valence-corrected chi connectivity index (χ0v) is 17.0. The van der Waals surface area contributed by atoms with Gasteiger partial charge in [0.25, 0.3) is 5.91 Å². The summed E-state index contributed by atoms with van der Waals surface area (Å²) >= 11 is 3.35. The van der Waals surface area contributed by atoms with Crippen molar-refractivity contribution in [3.63, 3.8) is 0 Å². The zero-order valence-electron chi connectivity index (χ0n) is 15.4. The highest BCUT2D eigenvalue weighted by atomic mass is 79.9. The number of hydrazine groups is 1. The molecule has 0 spiro atoms. The number of nitrogens with one attached hydrogen (secondary N) is 2. The van der Waals surface area contributed by atoms with Crippen LogP contribution in [0.4, 0.5) is 0 Å². The first-order chi connectivity index (χ1) is 13.0. The Balaban J connectivity index is 1.93. The van der Waals surface area contributed by atoms with Crippen molar-refractivity contribution in [3.05, 3.63) is 58.1 Å². The van der Waals surface area contributed by atoms with Gasteiger partial charge in [0.05, 0.1) is 25.7 Å². The molecule has 0 saturated heterocycles. The lowest BCUT2D eigenvalue weighted by Gasteiger charge is -2.13. The Morgan fingerprint density at radius 2 is 1.81 bits per heavy atom. The Morgan fingerprint density at radius 3 is 2.48 bits per heavy atom. The van der Waals surface area contributed by atoms with E-state index in [0.717, 1.165) is 28.6 Å². The maximum Gasteiger partial charge on any atom is 0.273 e. The molecule has 0 radical (unpaired) electrons. The molecule has 2 N–H and O–H groups in total. The first kappa shape index (κ1) is 20.8. The molecule has 0 aliphatic rings. The number of unbranched alkanes of at least 4 members (excludes halogenated alkanes) is 1. The summed E-state index contributed by atoms with van der Waals surface area (Å²) in [6.45, 7) is 2.60. The van der Waals surface area contributed by atoms with Gasteiger partial charge in [-0.1, -0.05) is 41.4 Å². The molecule has 0 bridgehead atoms. The second-order valence-electron chi connectivity index (χ2n) is 5.87. The molecule has 0 aromatic heterocycles. The summed E-state index contributed by atoms with van der Waals surface area (Å²) in [5, 5.41) is 0. The maximum atomic E-state index is 12.4. The van der Waals surface area contributed by atoms with Crippen molar-refractivity contribution in [1.82, 2.24) is 10.9 Å². The first-order valence-corrected chi connectivity index (χ1v) is 9.47. The number of amides is 2. The lowest BCUT2D eigenvalue weighted by atomic mass is 10.1.